The van der Waals surface area contributed by atoms with E-state index in [9.17, 15) is 0 Å². The van der Waals surface area contributed by atoms with Crippen LogP contribution in [0.5, 0.6) is 0 Å². The fourth-order valence-corrected chi connectivity index (χ4v) is 8.00. The highest BCUT2D eigenvalue weighted by Gasteiger charge is 2.26. The highest BCUT2D eigenvalue weighted by atomic mass is 35.5. The Hall–Kier alpha value is -5.97. The Kier molecular flexibility index (Phi) is 10.8. The number of anilines is 9. The zero-order valence-corrected chi connectivity index (χ0v) is 33.2. The summed E-state index contributed by atoms with van der Waals surface area (Å²) in [7, 11) is 0. The smallest absolute Gasteiger partial charge is 0.0887 e. The average molecular weight is 787 g/mol. The standard InChI is InChI=1S/C50H38Cl3N3/c1-35-23-27-42(28-24-35)54(43-29-25-36(2)26-30-43)44-33-45(51)49(46(52)34-44)37-31-47(55(38-15-7-3-8-16-38)39-17-9-4-10-18-39)50(53)48(32-37)56(40-19-11-5-12-20-40)41-21-13-6-14-22-41/h3-34H,1-2H3. The Labute approximate surface area is 344 Å². The van der Waals surface area contributed by atoms with Crippen molar-refractivity contribution in [2.75, 3.05) is 14.7 Å². The molecule has 0 aliphatic heterocycles. The van der Waals surface area contributed by atoms with E-state index in [1.807, 2.05) is 84.9 Å². The van der Waals surface area contributed by atoms with Crippen LogP contribution < -0.4 is 14.7 Å². The minimum atomic E-state index is 0.507. The zero-order chi connectivity index (χ0) is 38.6. The zero-order valence-electron chi connectivity index (χ0n) is 31.0. The average Bonchev–Trinajstić information content (AvgIpc) is 3.22. The van der Waals surface area contributed by atoms with Crippen molar-refractivity contribution in [3.63, 3.8) is 0 Å². The Balaban J connectivity index is 1.38. The fraction of sp³-hybridized carbons (Fsp3) is 0.0400. The molecule has 274 valence electrons. The Bertz CT molecular complexity index is 2310. The molecule has 0 N–H and O–H groups in total. The minimum Gasteiger partial charge on any atom is -0.310 e. The van der Waals surface area contributed by atoms with E-state index in [0.29, 0.717) is 20.6 Å². The molecule has 6 heteroatoms. The maximum absolute atomic E-state index is 7.71. The molecule has 0 atom stereocenters. The molecule has 0 heterocycles. The molecule has 8 rings (SSSR count). The van der Waals surface area contributed by atoms with Crippen molar-refractivity contribution in [3.8, 4) is 11.1 Å². The van der Waals surface area contributed by atoms with Crippen LogP contribution in [0.3, 0.4) is 0 Å². The van der Waals surface area contributed by atoms with Crippen LogP contribution in [0, 0.1) is 13.8 Å². The number of nitrogens with zero attached hydrogens (tertiary/aromatic N) is 3. The first kappa shape index (κ1) is 37.0. The molecule has 0 amide bonds. The monoisotopic (exact) mass is 785 g/mol. The quantitative estimate of drug-likeness (QED) is 0.137. The molecule has 8 aromatic rings. The van der Waals surface area contributed by atoms with Crippen molar-refractivity contribution in [2.24, 2.45) is 0 Å². The summed E-state index contributed by atoms with van der Waals surface area (Å²) in [5.41, 5.74) is 12.1. The molecule has 0 aromatic heterocycles. The van der Waals surface area contributed by atoms with E-state index < -0.39 is 0 Å². The number of halogens is 3. The molecule has 3 nitrogen and oxygen atoms in total. The van der Waals surface area contributed by atoms with Gasteiger partial charge in [0.25, 0.3) is 0 Å². The van der Waals surface area contributed by atoms with Crippen LogP contribution in [-0.2, 0) is 0 Å². The van der Waals surface area contributed by atoms with Gasteiger partial charge < -0.3 is 14.7 Å². The molecule has 0 radical (unpaired) electrons. The third-order valence-electron chi connectivity index (χ3n) is 9.73. The lowest BCUT2D eigenvalue weighted by Crippen LogP contribution is -2.15. The van der Waals surface area contributed by atoms with Crippen LogP contribution in [0.15, 0.2) is 194 Å². The largest absolute Gasteiger partial charge is 0.310 e. The number of benzene rings is 8. The number of rotatable bonds is 10. The molecule has 56 heavy (non-hydrogen) atoms. The lowest BCUT2D eigenvalue weighted by molar-refractivity contribution is 1.25. The van der Waals surface area contributed by atoms with Gasteiger partial charge in [0, 0.05) is 45.4 Å². The van der Waals surface area contributed by atoms with E-state index in [4.69, 9.17) is 34.8 Å². The minimum absolute atomic E-state index is 0.507. The molecular formula is C50H38Cl3N3. The predicted molar refractivity (Wildman–Crippen MR) is 240 cm³/mol. The predicted octanol–water partition coefficient (Wildman–Crippen LogP) is 16.3. The molecule has 0 saturated carbocycles. The van der Waals surface area contributed by atoms with E-state index in [2.05, 4.69) is 138 Å². The second-order valence-electron chi connectivity index (χ2n) is 13.6. The van der Waals surface area contributed by atoms with Crippen molar-refractivity contribution in [1.29, 1.82) is 0 Å². The van der Waals surface area contributed by atoms with Crippen molar-refractivity contribution in [2.45, 2.75) is 13.8 Å². The first-order chi connectivity index (χ1) is 27.4. The van der Waals surface area contributed by atoms with Gasteiger partial charge in [0.15, 0.2) is 0 Å². The summed E-state index contributed by atoms with van der Waals surface area (Å²) in [6.07, 6.45) is 0. The Morgan fingerprint density at radius 2 is 0.625 bits per heavy atom. The summed E-state index contributed by atoms with van der Waals surface area (Å²) in [5, 5.41) is 1.57. The van der Waals surface area contributed by atoms with Crippen LogP contribution >= 0.6 is 34.8 Å². The molecule has 0 spiro atoms. The maximum atomic E-state index is 7.71. The van der Waals surface area contributed by atoms with Crippen LogP contribution in [0.2, 0.25) is 15.1 Å². The molecule has 0 aliphatic rings. The van der Waals surface area contributed by atoms with Gasteiger partial charge in [0.2, 0.25) is 0 Å². The second-order valence-corrected chi connectivity index (χ2v) is 14.8. The summed E-state index contributed by atoms with van der Waals surface area (Å²) < 4.78 is 0. The van der Waals surface area contributed by atoms with E-state index in [0.717, 1.165) is 56.7 Å². The van der Waals surface area contributed by atoms with Crippen molar-refractivity contribution < 1.29 is 0 Å². The van der Waals surface area contributed by atoms with Gasteiger partial charge in [0.05, 0.1) is 26.4 Å². The van der Waals surface area contributed by atoms with Crippen molar-refractivity contribution >= 4 is 86.0 Å². The number of para-hydroxylation sites is 4. The van der Waals surface area contributed by atoms with Gasteiger partial charge in [-0.3, -0.25) is 0 Å². The molecule has 0 unspecified atom stereocenters. The SMILES string of the molecule is Cc1ccc(N(c2ccc(C)cc2)c2cc(Cl)c(-c3cc(N(c4ccccc4)c4ccccc4)c(Cl)c(N(c4ccccc4)c4ccccc4)c3)c(Cl)c2)cc1. The van der Waals surface area contributed by atoms with Crippen molar-refractivity contribution in [1.82, 2.24) is 0 Å². The summed E-state index contributed by atoms with van der Waals surface area (Å²) >= 11 is 22.6. The Morgan fingerprint density at radius 1 is 0.321 bits per heavy atom. The topological polar surface area (TPSA) is 9.72 Å². The molecule has 0 fully saturated rings. The van der Waals surface area contributed by atoms with Crippen LogP contribution in [0.4, 0.5) is 51.2 Å². The lowest BCUT2D eigenvalue weighted by Gasteiger charge is -2.32. The highest BCUT2D eigenvalue weighted by Crippen LogP contribution is 2.51. The van der Waals surface area contributed by atoms with E-state index >= 15 is 0 Å². The third-order valence-corrected chi connectivity index (χ3v) is 10.7. The first-order valence-electron chi connectivity index (χ1n) is 18.4. The second kappa shape index (κ2) is 16.4. The molecule has 0 bridgehead atoms. The van der Waals surface area contributed by atoms with Crippen LogP contribution in [-0.4, -0.2) is 0 Å². The lowest BCUT2D eigenvalue weighted by atomic mass is 10.0. The van der Waals surface area contributed by atoms with Gasteiger partial charge in [-0.25, -0.2) is 0 Å². The van der Waals surface area contributed by atoms with Gasteiger partial charge in [-0.15, -0.1) is 0 Å². The normalized spacial score (nSPS) is 10.9. The van der Waals surface area contributed by atoms with Crippen LogP contribution in [0.25, 0.3) is 11.1 Å². The molecule has 0 aliphatic carbocycles. The fourth-order valence-electron chi connectivity index (χ4n) is 7.03. The summed E-state index contributed by atoms with van der Waals surface area (Å²) in [5.74, 6) is 0. The number of hydrogen-bond acceptors (Lipinski definition) is 3. The highest BCUT2D eigenvalue weighted by molar-refractivity contribution is 6.40. The Morgan fingerprint density at radius 3 is 0.946 bits per heavy atom. The van der Waals surface area contributed by atoms with E-state index in [1.165, 1.54) is 11.1 Å². The van der Waals surface area contributed by atoms with Gasteiger partial charge in [-0.05, 0) is 116 Å². The summed E-state index contributed by atoms with van der Waals surface area (Å²) in [6, 6.07) is 66.1. The van der Waals surface area contributed by atoms with E-state index in [1.54, 1.807) is 0 Å². The maximum Gasteiger partial charge on any atom is 0.0887 e. The number of hydrogen-bond donors (Lipinski definition) is 0. The molecule has 0 saturated heterocycles. The third kappa shape index (κ3) is 7.63. The summed E-state index contributed by atoms with van der Waals surface area (Å²) in [4.78, 5) is 6.53. The van der Waals surface area contributed by atoms with Gasteiger partial charge >= 0.3 is 0 Å². The van der Waals surface area contributed by atoms with Crippen molar-refractivity contribution in [3.05, 3.63) is 220 Å². The van der Waals surface area contributed by atoms with Crippen LogP contribution in [0.1, 0.15) is 11.1 Å². The summed E-state index contributed by atoms with van der Waals surface area (Å²) in [6.45, 7) is 4.18. The van der Waals surface area contributed by atoms with Gasteiger partial charge in [-0.1, -0.05) is 143 Å². The molecule has 8 aromatic carbocycles. The van der Waals surface area contributed by atoms with Gasteiger partial charge in [0.1, 0.15) is 0 Å². The first-order valence-corrected chi connectivity index (χ1v) is 19.6. The molecular weight excluding hydrogens is 749 g/mol. The van der Waals surface area contributed by atoms with Gasteiger partial charge in [-0.2, -0.15) is 0 Å². The van der Waals surface area contributed by atoms with E-state index in [-0.39, 0.29) is 0 Å². The number of aryl methyl sites for hydroxylation is 2.